The minimum absolute atomic E-state index is 0.0282. The maximum atomic E-state index is 12.7. The number of thioether (sulfide) groups is 1. The molecule has 10 heteroatoms. The van der Waals surface area contributed by atoms with E-state index in [1.54, 1.807) is 12.3 Å². The Kier molecular flexibility index (Phi) is 5.01. The number of nitrogens with one attached hydrogen (secondary N) is 1. The molecule has 3 heterocycles. The quantitative estimate of drug-likeness (QED) is 0.445. The number of amidine groups is 1. The van der Waals surface area contributed by atoms with Crippen molar-refractivity contribution in [2.75, 3.05) is 0 Å². The highest BCUT2D eigenvalue weighted by molar-refractivity contribution is 8.18. The molecule has 0 unspecified atom stereocenters. The van der Waals surface area contributed by atoms with Gasteiger partial charge in [0, 0.05) is 11.6 Å². The molecule has 1 aliphatic heterocycles. The molecule has 0 radical (unpaired) electrons. The van der Waals surface area contributed by atoms with Crippen LogP contribution in [0, 0.1) is 0 Å². The first-order valence-corrected chi connectivity index (χ1v) is 9.37. The lowest BCUT2D eigenvalue weighted by molar-refractivity contribution is -0.141. The number of amides is 1. The highest BCUT2D eigenvalue weighted by Gasteiger charge is 2.33. The van der Waals surface area contributed by atoms with Crippen LogP contribution >= 0.6 is 23.4 Å². The third-order valence-electron chi connectivity index (χ3n) is 3.92. The number of hydrogen-bond donors (Lipinski definition) is 1. The molecule has 1 amide bonds. The summed E-state index contributed by atoms with van der Waals surface area (Å²) in [6, 6.07) is 11.2. The summed E-state index contributed by atoms with van der Waals surface area (Å²) in [5.74, 6) is -0.365. The number of pyridine rings is 2. The van der Waals surface area contributed by atoms with Gasteiger partial charge in [0.25, 0.3) is 5.91 Å². The Balaban J connectivity index is 1.59. The molecule has 2 aromatic heterocycles. The molecule has 146 valence electrons. The summed E-state index contributed by atoms with van der Waals surface area (Å²) < 4.78 is 38.0. The highest BCUT2D eigenvalue weighted by Crippen LogP contribution is 2.34. The van der Waals surface area contributed by atoms with Crippen LogP contribution in [0.5, 0.6) is 0 Å². The number of carbonyl (C=O) groups excluding carboxylic acids is 1. The fraction of sp³-hybridized carbons (Fsp3) is 0.0526. The van der Waals surface area contributed by atoms with Crippen molar-refractivity contribution in [3.8, 4) is 0 Å². The Morgan fingerprint density at radius 1 is 1.17 bits per heavy atom. The van der Waals surface area contributed by atoms with Crippen LogP contribution in [-0.2, 0) is 11.0 Å². The number of hydrogen-bond acceptors (Lipinski definition) is 5. The molecule has 1 aliphatic rings. The molecule has 1 fully saturated rings. The van der Waals surface area contributed by atoms with Gasteiger partial charge in [0.1, 0.15) is 11.4 Å². The highest BCUT2D eigenvalue weighted by atomic mass is 35.5. The lowest BCUT2D eigenvalue weighted by atomic mass is 10.1. The first kappa shape index (κ1) is 19.4. The van der Waals surface area contributed by atoms with Gasteiger partial charge in [0.15, 0.2) is 10.3 Å². The first-order chi connectivity index (χ1) is 13.8. The largest absolute Gasteiger partial charge is 0.433 e. The number of aliphatic imine (C=N–C) groups is 1. The third-order valence-corrected chi connectivity index (χ3v) is 5.11. The molecule has 5 nitrogen and oxygen atoms in total. The topological polar surface area (TPSA) is 67.2 Å². The Morgan fingerprint density at radius 2 is 2.00 bits per heavy atom. The van der Waals surface area contributed by atoms with Gasteiger partial charge in [-0.25, -0.2) is 9.98 Å². The van der Waals surface area contributed by atoms with E-state index in [-0.39, 0.29) is 16.8 Å². The minimum Gasteiger partial charge on any atom is -0.300 e. The first-order valence-electron chi connectivity index (χ1n) is 8.18. The molecule has 0 bridgehead atoms. The number of nitrogens with zero attached hydrogens (tertiary/aromatic N) is 3. The number of halogens is 4. The molecule has 3 aromatic rings. The second kappa shape index (κ2) is 7.49. The summed E-state index contributed by atoms with van der Waals surface area (Å²) in [5.41, 5.74) is 0.560. The van der Waals surface area contributed by atoms with Crippen LogP contribution < -0.4 is 5.32 Å². The number of aromatic nitrogens is 2. The van der Waals surface area contributed by atoms with E-state index in [9.17, 15) is 18.0 Å². The standard InChI is InChI=1S/C19H10ClF3N4OS/c20-16-13(5-6-15(26-16)19(21,22)23)25-18-27-17(28)14(29-18)9-10-3-4-12-11(8-10)2-1-7-24-12/h1-9H,(H,25,27,28)/b14-9+. The van der Waals surface area contributed by atoms with Gasteiger partial charge in [-0.15, -0.1) is 0 Å². The van der Waals surface area contributed by atoms with E-state index < -0.39 is 17.0 Å². The van der Waals surface area contributed by atoms with Crippen molar-refractivity contribution in [2.24, 2.45) is 4.99 Å². The molecule has 0 spiro atoms. The summed E-state index contributed by atoms with van der Waals surface area (Å²) >= 11 is 6.87. The normalized spacial score (nSPS) is 17.3. The molecule has 4 rings (SSSR count). The van der Waals surface area contributed by atoms with E-state index >= 15 is 0 Å². The van der Waals surface area contributed by atoms with Gasteiger partial charge in [-0.2, -0.15) is 13.2 Å². The number of alkyl halides is 3. The Hall–Kier alpha value is -2.91. The molecule has 1 aromatic carbocycles. The van der Waals surface area contributed by atoms with Crippen molar-refractivity contribution in [2.45, 2.75) is 6.18 Å². The Labute approximate surface area is 171 Å². The van der Waals surface area contributed by atoms with Crippen LogP contribution in [0.2, 0.25) is 5.15 Å². The van der Waals surface area contributed by atoms with Crippen molar-refractivity contribution in [3.05, 3.63) is 70.0 Å². The summed E-state index contributed by atoms with van der Waals surface area (Å²) in [5, 5.41) is 3.30. The molecule has 0 saturated carbocycles. The lowest BCUT2D eigenvalue weighted by Gasteiger charge is -2.06. The predicted molar refractivity (Wildman–Crippen MR) is 107 cm³/mol. The number of benzene rings is 1. The Morgan fingerprint density at radius 3 is 2.76 bits per heavy atom. The average Bonchev–Trinajstić information content (AvgIpc) is 3.01. The van der Waals surface area contributed by atoms with Gasteiger partial charge >= 0.3 is 6.18 Å². The van der Waals surface area contributed by atoms with Crippen LogP contribution in [0.1, 0.15) is 11.3 Å². The maximum Gasteiger partial charge on any atom is 0.433 e. The zero-order valence-electron chi connectivity index (χ0n) is 14.4. The van der Waals surface area contributed by atoms with Gasteiger partial charge in [0.05, 0.1) is 10.4 Å². The third kappa shape index (κ3) is 4.25. The minimum atomic E-state index is -4.60. The van der Waals surface area contributed by atoms with E-state index in [4.69, 9.17) is 11.6 Å². The van der Waals surface area contributed by atoms with E-state index in [0.29, 0.717) is 4.91 Å². The maximum absolute atomic E-state index is 12.7. The fourth-order valence-electron chi connectivity index (χ4n) is 2.59. The summed E-state index contributed by atoms with van der Waals surface area (Å²) in [6.45, 7) is 0. The Bertz CT molecular complexity index is 1190. The van der Waals surface area contributed by atoms with Crippen molar-refractivity contribution in [3.63, 3.8) is 0 Å². The van der Waals surface area contributed by atoms with Crippen LogP contribution in [-0.4, -0.2) is 21.0 Å². The molecule has 1 saturated heterocycles. The number of rotatable bonds is 2. The molecule has 1 N–H and O–H groups in total. The summed E-state index contributed by atoms with van der Waals surface area (Å²) in [6.07, 6.45) is -1.21. The zero-order valence-corrected chi connectivity index (χ0v) is 15.9. The smallest absolute Gasteiger partial charge is 0.300 e. The number of fused-ring (bicyclic) bond motifs is 1. The van der Waals surface area contributed by atoms with E-state index in [0.717, 1.165) is 40.4 Å². The van der Waals surface area contributed by atoms with Crippen molar-refractivity contribution in [1.82, 2.24) is 15.3 Å². The van der Waals surface area contributed by atoms with Crippen LogP contribution in [0.15, 0.2) is 58.6 Å². The van der Waals surface area contributed by atoms with Crippen molar-refractivity contribution >= 4 is 57.1 Å². The van der Waals surface area contributed by atoms with Crippen LogP contribution in [0.3, 0.4) is 0 Å². The molecular formula is C19H10ClF3N4OS. The van der Waals surface area contributed by atoms with E-state index in [2.05, 4.69) is 20.3 Å². The van der Waals surface area contributed by atoms with Crippen LogP contribution in [0.25, 0.3) is 17.0 Å². The SMILES string of the molecule is O=C1NC(=Nc2ccc(C(F)(F)F)nc2Cl)S/C1=C/c1ccc2ncccc2c1. The van der Waals surface area contributed by atoms with Gasteiger partial charge in [0.2, 0.25) is 0 Å². The van der Waals surface area contributed by atoms with Gasteiger partial charge in [-0.05, 0) is 53.7 Å². The average molecular weight is 435 g/mol. The monoisotopic (exact) mass is 434 g/mol. The second-order valence-corrected chi connectivity index (χ2v) is 7.33. The molecule has 29 heavy (non-hydrogen) atoms. The predicted octanol–water partition coefficient (Wildman–Crippen LogP) is 5.19. The fourth-order valence-corrected chi connectivity index (χ4v) is 3.62. The lowest BCUT2D eigenvalue weighted by Crippen LogP contribution is -2.19. The molecule has 0 aliphatic carbocycles. The van der Waals surface area contributed by atoms with Gasteiger partial charge < -0.3 is 5.32 Å². The van der Waals surface area contributed by atoms with Crippen molar-refractivity contribution in [1.29, 1.82) is 0 Å². The van der Waals surface area contributed by atoms with Gasteiger partial charge in [-0.3, -0.25) is 9.78 Å². The second-order valence-electron chi connectivity index (χ2n) is 5.94. The van der Waals surface area contributed by atoms with Crippen LogP contribution in [0.4, 0.5) is 18.9 Å². The van der Waals surface area contributed by atoms with Gasteiger partial charge in [-0.1, -0.05) is 23.7 Å². The molecular weight excluding hydrogens is 425 g/mol. The van der Waals surface area contributed by atoms with E-state index in [1.807, 2.05) is 30.3 Å². The summed E-state index contributed by atoms with van der Waals surface area (Å²) in [7, 11) is 0. The summed E-state index contributed by atoms with van der Waals surface area (Å²) in [4.78, 5) is 24.3. The zero-order chi connectivity index (χ0) is 20.6. The van der Waals surface area contributed by atoms with Crippen molar-refractivity contribution < 1.29 is 18.0 Å². The molecule has 0 atom stereocenters. The van der Waals surface area contributed by atoms with E-state index in [1.165, 1.54) is 0 Å². The number of carbonyl (C=O) groups is 1.